The van der Waals surface area contributed by atoms with Gasteiger partial charge in [-0.2, -0.15) is 11.8 Å². The molecule has 0 bridgehead atoms. The third kappa shape index (κ3) is 3.05. The largest absolute Gasteiger partial charge is 0.352 e. The van der Waals surface area contributed by atoms with Crippen LogP contribution >= 0.6 is 11.8 Å². The molecule has 1 saturated heterocycles. The van der Waals surface area contributed by atoms with E-state index >= 15 is 0 Å². The van der Waals surface area contributed by atoms with Crippen molar-refractivity contribution in [1.29, 1.82) is 0 Å². The van der Waals surface area contributed by atoms with Crippen molar-refractivity contribution in [3.63, 3.8) is 0 Å². The normalized spacial score (nSPS) is 19.9. The first-order valence-corrected chi connectivity index (χ1v) is 7.59. The summed E-state index contributed by atoms with van der Waals surface area (Å²) in [6.07, 6.45) is 1.93. The number of hydrogen-bond acceptors (Lipinski definition) is 6. The zero-order valence-electron chi connectivity index (χ0n) is 11.0. The fraction of sp³-hybridized carbons (Fsp3) is 0.667. The van der Waals surface area contributed by atoms with Gasteiger partial charge in [0.2, 0.25) is 0 Å². The van der Waals surface area contributed by atoms with Gasteiger partial charge in [-0.05, 0) is 13.3 Å². The van der Waals surface area contributed by atoms with Crippen LogP contribution in [-0.2, 0) is 6.42 Å². The smallest absolute Gasteiger partial charge is 0.145 e. The highest BCUT2D eigenvalue weighted by molar-refractivity contribution is 7.99. The molecule has 0 saturated carbocycles. The van der Waals surface area contributed by atoms with Crippen LogP contribution < -0.4 is 16.2 Å². The summed E-state index contributed by atoms with van der Waals surface area (Å²) in [7, 11) is 0. The number of nitrogens with zero attached hydrogens (tertiary/aromatic N) is 3. The van der Waals surface area contributed by atoms with Crippen LogP contribution in [0.15, 0.2) is 6.07 Å². The van der Waals surface area contributed by atoms with Crippen molar-refractivity contribution in [2.24, 2.45) is 5.84 Å². The monoisotopic (exact) mass is 267 g/mol. The van der Waals surface area contributed by atoms with Crippen LogP contribution in [0.3, 0.4) is 0 Å². The molecule has 0 amide bonds. The summed E-state index contributed by atoms with van der Waals surface area (Å²) >= 11 is 2.00. The Labute approximate surface area is 113 Å². The Morgan fingerprint density at radius 2 is 2.39 bits per heavy atom. The van der Waals surface area contributed by atoms with E-state index in [4.69, 9.17) is 5.84 Å². The topological polar surface area (TPSA) is 67.1 Å². The molecule has 1 fully saturated rings. The second kappa shape index (κ2) is 6.24. The Morgan fingerprint density at radius 1 is 1.56 bits per heavy atom. The molecular weight excluding hydrogens is 246 g/mol. The Bertz CT molecular complexity index is 398. The van der Waals surface area contributed by atoms with E-state index in [0.29, 0.717) is 11.9 Å². The van der Waals surface area contributed by atoms with Gasteiger partial charge in [-0.15, -0.1) is 0 Å². The Morgan fingerprint density at radius 3 is 3.06 bits per heavy atom. The van der Waals surface area contributed by atoms with Crippen LogP contribution in [0.25, 0.3) is 0 Å². The van der Waals surface area contributed by atoms with Crippen molar-refractivity contribution in [3.8, 4) is 0 Å². The molecule has 3 N–H and O–H groups in total. The quantitative estimate of drug-likeness (QED) is 0.639. The lowest BCUT2D eigenvalue weighted by Gasteiger charge is -2.34. The van der Waals surface area contributed by atoms with Crippen LogP contribution in [0.1, 0.15) is 26.1 Å². The molecule has 1 aliphatic heterocycles. The maximum absolute atomic E-state index is 5.49. The summed E-state index contributed by atoms with van der Waals surface area (Å²) in [6, 6.07) is 2.45. The highest BCUT2D eigenvalue weighted by Gasteiger charge is 2.21. The van der Waals surface area contributed by atoms with Gasteiger partial charge in [-0.1, -0.05) is 6.92 Å². The minimum atomic E-state index is 0.513. The average Bonchev–Trinajstić information content (AvgIpc) is 2.39. The Balaban J connectivity index is 2.27. The van der Waals surface area contributed by atoms with Crippen molar-refractivity contribution in [3.05, 3.63) is 11.9 Å². The SMILES string of the molecule is CCCc1nc(NN)cc(N2CCSCC2C)n1. The molecule has 1 aromatic rings. The molecule has 2 heterocycles. The van der Waals surface area contributed by atoms with Gasteiger partial charge in [0.05, 0.1) is 0 Å². The summed E-state index contributed by atoms with van der Waals surface area (Å²) in [4.78, 5) is 11.4. The van der Waals surface area contributed by atoms with Gasteiger partial charge in [0, 0.05) is 36.6 Å². The van der Waals surface area contributed by atoms with Gasteiger partial charge in [-0.25, -0.2) is 15.8 Å². The summed E-state index contributed by atoms with van der Waals surface area (Å²) < 4.78 is 0. The zero-order valence-corrected chi connectivity index (χ0v) is 11.8. The number of nitrogens with two attached hydrogens (primary N) is 1. The number of nitrogen functional groups attached to an aromatic ring is 1. The molecule has 5 nitrogen and oxygen atoms in total. The standard InChI is InChI=1S/C12H21N5S/c1-3-4-10-14-11(16-13)7-12(15-10)17-5-6-18-8-9(17)2/h7,9H,3-6,8,13H2,1-2H3,(H,14,15,16). The van der Waals surface area contributed by atoms with Gasteiger partial charge in [-0.3, -0.25) is 0 Å². The van der Waals surface area contributed by atoms with Gasteiger partial charge in [0.15, 0.2) is 0 Å². The van der Waals surface area contributed by atoms with E-state index in [1.807, 2.05) is 17.8 Å². The molecule has 2 rings (SSSR count). The molecule has 6 heteroatoms. The highest BCUT2D eigenvalue weighted by atomic mass is 32.2. The molecule has 0 aliphatic carbocycles. The molecule has 0 radical (unpaired) electrons. The maximum atomic E-state index is 5.49. The van der Waals surface area contributed by atoms with E-state index in [1.165, 1.54) is 0 Å². The number of thioether (sulfide) groups is 1. The van der Waals surface area contributed by atoms with Crippen molar-refractivity contribution in [2.75, 3.05) is 28.4 Å². The van der Waals surface area contributed by atoms with Crippen LogP contribution in [0.5, 0.6) is 0 Å². The molecule has 18 heavy (non-hydrogen) atoms. The molecule has 1 aromatic heterocycles. The molecule has 1 aliphatic rings. The minimum absolute atomic E-state index is 0.513. The molecule has 100 valence electrons. The Hall–Kier alpha value is -1.01. The fourth-order valence-corrected chi connectivity index (χ4v) is 3.12. The van der Waals surface area contributed by atoms with Crippen molar-refractivity contribution in [2.45, 2.75) is 32.7 Å². The maximum Gasteiger partial charge on any atom is 0.145 e. The lowest BCUT2D eigenvalue weighted by atomic mass is 10.3. The number of aromatic nitrogens is 2. The van der Waals surface area contributed by atoms with Crippen LogP contribution in [0, 0.1) is 0 Å². The van der Waals surface area contributed by atoms with Gasteiger partial charge in [0.25, 0.3) is 0 Å². The van der Waals surface area contributed by atoms with Crippen molar-refractivity contribution >= 4 is 23.4 Å². The molecule has 1 unspecified atom stereocenters. The third-order valence-electron chi connectivity index (χ3n) is 3.04. The summed E-state index contributed by atoms with van der Waals surface area (Å²) in [6.45, 7) is 5.41. The van der Waals surface area contributed by atoms with E-state index in [9.17, 15) is 0 Å². The zero-order chi connectivity index (χ0) is 13.0. The van der Waals surface area contributed by atoms with Crippen LogP contribution in [-0.4, -0.2) is 34.1 Å². The number of hydrogen-bond donors (Lipinski definition) is 2. The lowest BCUT2D eigenvalue weighted by molar-refractivity contribution is 0.683. The number of hydrazine groups is 1. The lowest BCUT2D eigenvalue weighted by Crippen LogP contribution is -2.41. The first-order valence-electron chi connectivity index (χ1n) is 6.43. The van der Waals surface area contributed by atoms with Crippen molar-refractivity contribution < 1.29 is 0 Å². The van der Waals surface area contributed by atoms with Gasteiger partial charge < -0.3 is 10.3 Å². The summed E-state index contributed by atoms with van der Waals surface area (Å²) in [5.41, 5.74) is 2.64. The van der Waals surface area contributed by atoms with Crippen LogP contribution in [0.4, 0.5) is 11.6 Å². The Kier molecular flexibility index (Phi) is 4.66. The molecule has 0 aromatic carbocycles. The number of nitrogens with one attached hydrogen (secondary N) is 1. The average molecular weight is 267 g/mol. The van der Waals surface area contributed by atoms with Gasteiger partial charge in [0.1, 0.15) is 17.5 Å². The molecule has 0 spiro atoms. The number of rotatable bonds is 4. The second-order valence-electron chi connectivity index (χ2n) is 4.54. The van der Waals surface area contributed by atoms with E-state index in [-0.39, 0.29) is 0 Å². The van der Waals surface area contributed by atoms with E-state index < -0.39 is 0 Å². The first kappa shape index (κ1) is 13.4. The second-order valence-corrected chi connectivity index (χ2v) is 5.69. The molecule has 1 atom stereocenters. The number of aryl methyl sites for hydroxylation is 1. The van der Waals surface area contributed by atoms with Gasteiger partial charge >= 0.3 is 0 Å². The number of anilines is 2. The van der Waals surface area contributed by atoms with Crippen LogP contribution in [0.2, 0.25) is 0 Å². The van der Waals surface area contributed by atoms with E-state index in [0.717, 1.165) is 42.5 Å². The van der Waals surface area contributed by atoms with Crippen molar-refractivity contribution in [1.82, 2.24) is 9.97 Å². The predicted molar refractivity (Wildman–Crippen MR) is 78.0 cm³/mol. The van der Waals surface area contributed by atoms with E-state index in [1.54, 1.807) is 0 Å². The first-order chi connectivity index (χ1) is 8.74. The summed E-state index contributed by atoms with van der Waals surface area (Å²) in [5, 5.41) is 0. The molecular formula is C12H21N5S. The summed E-state index contributed by atoms with van der Waals surface area (Å²) in [5.74, 6) is 10.4. The minimum Gasteiger partial charge on any atom is -0.352 e. The predicted octanol–water partition coefficient (Wildman–Crippen LogP) is 1.66. The fourth-order valence-electron chi connectivity index (χ4n) is 2.11. The van der Waals surface area contributed by atoms with E-state index in [2.05, 4.69) is 34.1 Å². The highest BCUT2D eigenvalue weighted by Crippen LogP contribution is 2.24. The third-order valence-corrected chi connectivity index (χ3v) is 4.23.